The van der Waals surface area contributed by atoms with Crippen molar-refractivity contribution in [3.63, 3.8) is 0 Å². The molecule has 94 heavy (non-hydrogen) atoms. The number of thioether (sulfide) groups is 1. The third-order valence-corrected chi connectivity index (χ3v) is 19.2. The van der Waals surface area contributed by atoms with Gasteiger partial charge >= 0.3 is 0 Å². The number of nitrogens with zero attached hydrogens (tertiary/aromatic N) is 8. The van der Waals surface area contributed by atoms with Crippen molar-refractivity contribution in [2.45, 2.75) is 228 Å². The molecule has 2 aliphatic rings. The SMILES string of the molecule is C/C=C/C[C@@H](C)[C@@H](O)[C@H]1C(=O)N[C@@H](CC)C(=O)N(C)[C@H](SCCN2CCOCC2)C(=O)N(C)[C@@H](CC(C)C)C(=O)N[C@@H](C(C)C)C(=O)N(C)[C@@H](CC(C)C)C(=O)N[C@@H](C)C(=O)N[C@H](C)C(=O)N(C)[C@@H](CC(C)C)C(=O)N(C)[C@@H](CC(C)C)C(=O)N(C)[C@@H](C(C)C)C(=O)N1C. The maximum absolute atomic E-state index is 15.4. The normalized spacial score (nSPS) is 27.5. The first kappa shape index (κ1) is 84.2. The number of morpholine rings is 1. The molecule has 2 aliphatic heterocycles. The molecular formula is C68H122N12O13S. The fourth-order valence-corrected chi connectivity index (χ4v) is 13.2. The predicted octanol–water partition coefficient (Wildman–Crippen LogP) is 3.66. The van der Waals surface area contributed by atoms with Crippen molar-refractivity contribution in [1.82, 2.24) is 60.5 Å². The lowest BCUT2D eigenvalue weighted by Gasteiger charge is -2.41. The Kier molecular flexibility index (Phi) is 35.3. The van der Waals surface area contributed by atoms with Crippen molar-refractivity contribution in [3.05, 3.63) is 12.2 Å². The Morgan fingerprint density at radius 1 is 0.489 bits per heavy atom. The maximum Gasteiger partial charge on any atom is 0.256 e. The van der Waals surface area contributed by atoms with Crippen LogP contribution in [0.3, 0.4) is 0 Å². The lowest BCUT2D eigenvalue weighted by molar-refractivity contribution is -0.157. The van der Waals surface area contributed by atoms with Crippen molar-refractivity contribution in [3.8, 4) is 0 Å². The van der Waals surface area contributed by atoms with E-state index in [1.165, 1.54) is 104 Å². The number of carbonyl (C=O) groups is 11. The molecule has 538 valence electrons. The van der Waals surface area contributed by atoms with E-state index in [4.69, 9.17) is 4.74 Å². The number of carbonyl (C=O) groups excluding carboxylic acids is 11. The summed E-state index contributed by atoms with van der Waals surface area (Å²) in [7, 11) is 10.1. The molecule has 0 radical (unpaired) electrons. The Balaban J connectivity index is 3.10. The monoisotopic (exact) mass is 1350 g/mol. The summed E-state index contributed by atoms with van der Waals surface area (Å²) in [5.74, 6) is -9.48. The molecule has 0 aromatic heterocycles. The average molecular weight is 1350 g/mol. The average Bonchev–Trinajstić information content (AvgIpc) is 0.838. The molecule has 0 unspecified atom stereocenters. The van der Waals surface area contributed by atoms with Crippen LogP contribution in [0.25, 0.3) is 0 Å². The number of hydrogen-bond donors (Lipinski definition) is 5. The molecule has 2 fully saturated rings. The summed E-state index contributed by atoms with van der Waals surface area (Å²) < 4.78 is 5.58. The van der Waals surface area contributed by atoms with Gasteiger partial charge in [-0.15, -0.1) is 11.8 Å². The fraction of sp³-hybridized carbons (Fsp3) is 0.809. The largest absolute Gasteiger partial charge is 0.390 e. The zero-order valence-electron chi connectivity index (χ0n) is 61.4. The molecule has 13 atom stereocenters. The highest BCUT2D eigenvalue weighted by atomic mass is 32.2. The summed E-state index contributed by atoms with van der Waals surface area (Å²) >= 11 is 1.18. The highest BCUT2D eigenvalue weighted by Crippen LogP contribution is 2.27. The highest BCUT2D eigenvalue weighted by Gasteiger charge is 2.46. The van der Waals surface area contributed by atoms with E-state index in [-0.39, 0.29) is 55.8 Å². The standard InChI is InChI=1S/C68H122N12O13S/c1-25-27-28-45(15)56(81)55-60(85)71-48(26-2)62(87)79(24)68(94-34-31-80-29-32-93-33-30-80)67(92)74(19)50(36-40(5)6)59(84)72-53(43(11)12)65(90)73(18)49(35-39(3)4)58(83)69-46(16)57(82)70-47(17)61(86)75(20)51(37-41(7)8)63(88)76(21)52(38-42(9)10)64(89)77(22)54(44(13)14)66(91)78(55)23/h25,27,39-56,68,81H,26,28-38H2,1-24H3,(H,69,83)(H,70,82)(H,71,85)(H,72,84)/b27-25+/t45-,46+,47-,48+,49+,50+,51+,52+,53+,54+,55+,56-,68-/m1/s1. The van der Waals surface area contributed by atoms with Gasteiger partial charge in [-0.2, -0.15) is 0 Å². The van der Waals surface area contributed by atoms with E-state index < -0.39 is 155 Å². The summed E-state index contributed by atoms with van der Waals surface area (Å²) in [6.07, 6.45) is 2.96. The minimum atomic E-state index is -1.64. The molecule has 26 heteroatoms. The zero-order valence-corrected chi connectivity index (χ0v) is 62.3. The lowest BCUT2D eigenvalue weighted by atomic mass is 9.91. The van der Waals surface area contributed by atoms with Crippen molar-refractivity contribution in [2.75, 3.05) is 87.9 Å². The number of allylic oxidation sites excluding steroid dienone is 2. The van der Waals surface area contributed by atoms with Crippen molar-refractivity contribution in [2.24, 2.45) is 41.4 Å². The molecule has 0 bridgehead atoms. The van der Waals surface area contributed by atoms with Gasteiger partial charge in [0, 0.05) is 74.7 Å². The molecule has 0 aromatic carbocycles. The molecule has 0 spiro atoms. The van der Waals surface area contributed by atoms with Gasteiger partial charge in [0.2, 0.25) is 59.1 Å². The van der Waals surface area contributed by atoms with Crippen LogP contribution in [0.2, 0.25) is 0 Å². The third-order valence-electron chi connectivity index (χ3n) is 18.0. The van der Waals surface area contributed by atoms with Crippen LogP contribution in [0.15, 0.2) is 12.2 Å². The Hall–Kier alpha value is -5.86. The molecule has 11 amide bonds. The summed E-state index contributed by atoms with van der Waals surface area (Å²) in [5.41, 5.74) is 0. The van der Waals surface area contributed by atoms with Gasteiger partial charge in [-0.25, -0.2) is 0 Å². The first-order chi connectivity index (χ1) is 43.7. The quantitative estimate of drug-likeness (QED) is 0.115. The first-order valence-corrected chi connectivity index (χ1v) is 35.0. The number of hydrogen-bond acceptors (Lipinski definition) is 15. The maximum atomic E-state index is 15.4. The van der Waals surface area contributed by atoms with Crippen LogP contribution in [0.4, 0.5) is 0 Å². The van der Waals surface area contributed by atoms with Gasteiger partial charge in [0.1, 0.15) is 60.4 Å². The summed E-state index contributed by atoms with van der Waals surface area (Å²) in [6.45, 7) is 32.9. The van der Waals surface area contributed by atoms with E-state index in [0.717, 1.165) is 4.90 Å². The third kappa shape index (κ3) is 23.8. The second-order valence-corrected chi connectivity index (χ2v) is 29.7. The highest BCUT2D eigenvalue weighted by molar-refractivity contribution is 8.00. The number of ether oxygens (including phenoxy) is 1. The van der Waals surface area contributed by atoms with Gasteiger partial charge in [0.15, 0.2) is 5.37 Å². The van der Waals surface area contributed by atoms with E-state index in [1.54, 1.807) is 47.6 Å². The molecule has 0 aromatic rings. The molecule has 2 heterocycles. The van der Waals surface area contributed by atoms with E-state index in [2.05, 4.69) is 26.2 Å². The van der Waals surface area contributed by atoms with Crippen molar-refractivity contribution >= 4 is 76.7 Å². The molecule has 0 saturated carbocycles. The number of likely N-dealkylation sites (N-methyl/N-ethyl adjacent to an activating group) is 7. The van der Waals surface area contributed by atoms with E-state index >= 15 is 28.8 Å². The van der Waals surface area contributed by atoms with Crippen LogP contribution < -0.4 is 21.3 Å². The number of aliphatic hydroxyl groups excluding tert-OH is 1. The Labute approximate surface area is 567 Å². The van der Waals surface area contributed by atoms with Gasteiger partial charge in [0.05, 0.1) is 19.3 Å². The molecule has 0 aliphatic carbocycles. The summed E-state index contributed by atoms with van der Waals surface area (Å²) in [4.78, 5) is 175. The molecule has 2 saturated heterocycles. The Morgan fingerprint density at radius 2 is 0.926 bits per heavy atom. The zero-order chi connectivity index (χ0) is 72.1. The van der Waals surface area contributed by atoms with Gasteiger partial charge in [-0.1, -0.05) is 109 Å². The lowest BCUT2D eigenvalue weighted by Crippen LogP contribution is -2.64. The van der Waals surface area contributed by atoms with Gasteiger partial charge in [-0.3, -0.25) is 57.6 Å². The molecule has 5 N–H and O–H groups in total. The van der Waals surface area contributed by atoms with Crippen LogP contribution in [0.5, 0.6) is 0 Å². The van der Waals surface area contributed by atoms with Crippen LogP contribution >= 0.6 is 11.8 Å². The Bertz CT molecular complexity index is 2560. The smallest absolute Gasteiger partial charge is 0.256 e. The predicted molar refractivity (Wildman–Crippen MR) is 367 cm³/mol. The van der Waals surface area contributed by atoms with Gasteiger partial charge < -0.3 is 65.4 Å². The number of aliphatic hydroxyl groups is 1. The van der Waals surface area contributed by atoms with E-state index in [1.807, 2.05) is 68.4 Å². The fourth-order valence-electron chi connectivity index (χ4n) is 12.0. The molecule has 25 nitrogen and oxygen atoms in total. The van der Waals surface area contributed by atoms with Gasteiger partial charge in [0.25, 0.3) is 5.91 Å². The second-order valence-electron chi connectivity index (χ2n) is 28.5. The second kappa shape index (κ2) is 39.4. The first-order valence-electron chi connectivity index (χ1n) is 34.0. The van der Waals surface area contributed by atoms with Crippen LogP contribution in [0.1, 0.15) is 156 Å². The van der Waals surface area contributed by atoms with Crippen molar-refractivity contribution < 1.29 is 62.6 Å². The molecular weight excluding hydrogens is 1220 g/mol. The van der Waals surface area contributed by atoms with Gasteiger partial charge in [-0.05, 0) is 101 Å². The van der Waals surface area contributed by atoms with E-state index in [0.29, 0.717) is 45.0 Å². The minimum Gasteiger partial charge on any atom is -0.390 e. The van der Waals surface area contributed by atoms with Crippen LogP contribution in [-0.2, 0) is 57.5 Å². The Morgan fingerprint density at radius 3 is 1.39 bits per heavy atom. The number of rotatable bonds is 19. The number of nitrogens with one attached hydrogen (secondary N) is 4. The summed E-state index contributed by atoms with van der Waals surface area (Å²) in [5, 5.41) is 22.2. The minimum absolute atomic E-state index is 0.000217. The van der Waals surface area contributed by atoms with Crippen molar-refractivity contribution in [1.29, 1.82) is 0 Å². The van der Waals surface area contributed by atoms with E-state index in [9.17, 15) is 29.1 Å². The van der Waals surface area contributed by atoms with Crippen LogP contribution in [0, 0.1) is 41.4 Å². The number of amides is 11. The molecule has 2 rings (SSSR count). The summed E-state index contributed by atoms with van der Waals surface area (Å²) in [6, 6.07) is -12.6. The topological polar surface area (TPSA) is 291 Å². The van der Waals surface area contributed by atoms with Crippen LogP contribution in [-0.4, -0.2) is 269 Å².